The molecule has 0 saturated heterocycles. The molecule has 2 rings (SSSR count). The summed E-state index contributed by atoms with van der Waals surface area (Å²) in [5.74, 6) is 0.747. The van der Waals surface area contributed by atoms with Gasteiger partial charge in [-0.15, -0.1) is 0 Å². The monoisotopic (exact) mass is 393 g/mol. The van der Waals surface area contributed by atoms with Crippen LogP contribution in [-0.2, 0) is 27.9 Å². The zero-order valence-corrected chi connectivity index (χ0v) is 16.3. The van der Waals surface area contributed by atoms with Crippen LogP contribution < -0.4 is 14.8 Å². The number of carbonyl (C=O) groups is 1. The van der Waals surface area contributed by atoms with Gasteiger partial charge >= 0.3 is 0 Å². The van der Waals surface area contributed by atoms with E-state index in [4.69, 9.17) is 9.47 Å². The second-order valence-corrected chi connectivity index (χ2v) is 7.84. The first kappa shape index (κ1) is 20.7. The number of aromatic nitrogens is 1. The summed E-state index contributed by atoms with van der Waals surface area (Å²) in [6, 6.07) is 8.71. The normalized spacial score (nSPS) is 11.3. The number of nitrogens with one attached hydrogen (secondary N) is 1. The zero-order valence-electron chi connectivity index (χ0n) is 15.5. The Bertz CT molecular complexity index is 872. The van der Waals surface area contributed by atoms with Crippen LogP contribution in [0, 0.1) is 0 Å². The van der Waals surface area contributed by atoms with Gasteiger partial charge in [0.2, 0.25) is 15.9 Å². The van der Waals surface area contributed by atoms with Crippen molar-refractivity contribution in [3.63, 3.8) is 0 Å². The van der Waals surface area contributed by atoms with Crippen LogP contribution in [0.2, 0.25) is 0 Å². The molecule has 0 aliphatic heterocycles. The summed E-state index contributed by atoms with van der Waals surface area (Å²) in [5.41, 5.74) is 1.56. The smallest absolute Gasteiger partial charge is 0.235 e. The van der Waals surface area contributed by atoms with E-state index in [1.54, 1.807) is 49.8 Å². The van der Waals surface area contributed by atoms with Crippen molar-refractivity contribution in [2.24, 2.45) is 0 Å². The van der Waals surface area contributed by atoms with Crippen LogP contribution in [0.4, 0.5) is 0 Å². The fourth-order valence-corrected chi connectivity index (χ4v) is 3.12. The van der Waals surface area contributed by atoms with Crippen LogP contribution in [0.15, 0.2) is 42.7 Å². The van der Waals surface area contributed by atoms with Crippen LogP contribution in [0.1, 0.15) is 11.1 Å². The molecule has 1 aromatic heterocycles. The van der Waals surface area contributed by atoms with Crippen molar-refractivity contribution in [2.45, 2.75) is 13.1 Å². The van der Waals surface area contributed by atoms with E-state index < -0.39 is 15.9 Å². The molecule has 0 radical (unpaired) electrons. The highest BCUT2D eigenvalue weighted by Gasteiger charge is 2.20. The van der Waals surface area contributed by atoms with Crippen molar-refractivity contribution in [1.29, 1.82) is 0 Å². The third kappa shape index (κ3) is 6.22. The number of rotatable bonds is 9. The summed E-state index contributed by atoms with van der Waals surface area (Å²) in [4.78, 5) is 16.2. The van der Waals surface area contributed by atoms with Gasteiger partial charge in [-0.1, -0.05) is 6.07 Å². The molecular weight excluding hydrogens is 370 g/mol. The SMILES string of the molecule is COc1ccc(CNC(=O)CN(Cc2ccncc2)S(C)(=O)=O)cc1OC. The van der Waals surface area contributed by atoms with E-state index in [1.165, 1.54) is 7.11 Å². The van der Waals surface area contributed by atoms with E-state index in [-0.39, 0.29) is 19.6 Å². The van der Waals surface area contributed by atoms with Gasteiger partial charge in [-0.25, -0.2) is 8.42 Å². The molecule has 0 unspecified atom stereocenters. The van der Waals surface area contributed by atoms with Crippen LogP contribution in [0.25, 0.3) is 0 Å². The van der Waals surface area contributed by atoms with Crippen molar-refractivity contribution in [3.8, 4) is 11.5 Å². The lowest BCUT2D eigenvalue weighted by Crippen LogP contribution is -2.39. The quantitative estimate of drug-likeness (QED) is 0.687. The number of benzene rings is 1. The maximum atomic E-state index is 12.3. The van der Waals surface area contributed by atoms with E-state index in [9.17, 15) is 13.2 Å². The number of ether oxygens (including phenoxy) is 2. The van der Waals surface area contributed by atoms with E-state index in [1.807, 2.05) is 0 Å². The summed E-state index contributed by atoms with van der Waals surface area (Å²) in [7, 11) is -0.471. The van der Waals surface area contributed by atoms with Crippen LogP contribution in [0.3, 0.4) is 0 Å². The molecular formula is C18H23N3O5S. The van der Waals surface area contributed by atoms with E-state index in [2.05, 4.69) is 10.3 Å². The Kier molecular flexibility index (Phi) is 7.14. The van der Waals surface area contributed by atoms with Gasteiger partial charge in [-0.3, -0.25) is 9.78 Å². The lowest BCUT2D eigenvalue weighted by molar-refractivity contribution is -0.121. The molecule has 146 valence electrons. The first-order valence-electron chi connectivity index (χ1n) is 8.15. The van der Waals surface area contributed by atoms with Gasteiger partial charge in [-0.05, 0) is 35.4 Å². The topological polar surface area (TPSA) is 97.8 Å². The van der Waals surface area contributed by atoms with Crippen molar-refractivity contribution >= 4 is 15.9 Å². The van der Waals surface area contributed by atoms with Gasteiger partial charge in [-0.2, -0.15) is 4.31 Å². The lowest BCUT2D eigenvalue weighted by atomic mass is 10.2. The maximum absolute atomic E-state index is 12.3. The van der Waals surface area contributed by atoms with Gasteiger partial charge in [0, 0.05) is 25.5 Å². The summed E-state index contributed by atoms with van der Waals surface area (Å²) >= 11 is 0. The molecule has 1 heterocycles. The molecule has 0 saturated carbocycles. The summed E-state index contributed by atoms with van der Waals surface area (Å²) in [5, 5.41) is 2.72. The van der Waals surface area contributed by atoms with Gasteiger partial charge in [0.15, 0.2) is 11.5 Å². The molecule has 8 nitrogen and oxygen atoms in total. The average molecular weight is 393 g/mol. The van der Waals surface area contributed by atoms with E-state index >= 15 is 0 Å². The van der Waals surface area contributed by atoms with Gasteiger partial charge < -0.3 is 14.8 Å². The van der Waals surface area contributed by atoms with Crippen LogP contribution in [0.5, 0.6) is 11.5 Å². The van der Waals surface area contributed by atoms with Gasteiger partial charge in [0.1, 0.15) is 0 Å². The first-order chi connectivity index (χ1) is 12.8. The molecule has 27 heavy (non-hydrogen) atoms. The molecule has 0 fully saturated rings. The van der Waals surface area contributed by atoms with E-state index in [0.29, 0.717) is 11.5 Å². The number of hydrogen-bond donors (Lipinski definition) is 1. The average Bonchev–Trinajstić information content (AvgIpc) is 2.65. The summed E-state index contributed by atoms with van der Waals surface area (Å²) < 4.78 is 35.5. The predicted octanol–water partition coefficient (Wildman–Crippen LogP) is 1.18. The zero-order chi connectivity index (χ0) is 19.9. The van der Waals surface area contributed by atoms with Crippen molar-refractivity contribution in [3.05, 3.63) is 53.9 Å². The second-order valence-electron chi connectivity index (χ2n) is 5.85. The van der Waals surface area contributed by atoms with Crippen LogP contribution in [-0.4, -0.2) is 50.6 Å². The number of pyridine rings is 1. The number of nitrogens with zero attached hydrogens (tertiary/aromatic N) is 2. The highest BCUT2D eigenvalue weighted by atomic mass is 32.2. The molecule has 0 spiro atoms. The van der Waals surface area contributed by atoms with Gasteiger partial charge in [0.05, 0.1) is 27.0 Å². The number of sulfonamides is 1. The molecule has 1 amide bonds. The maximum Gasteiger partial charge on any atom is 0.235 e. The third-order valence-electron chi connectivity index (χ3n) is 3.83. The largest absolute Gasteiger partial charge is 0.493 e. The molecule has 1 N–H and O–H groups in total. The summed E-state index contributed by atoms with van der Waals surface area (Å²) in [6.07, 6.45) is 4.23. The first-order valence-corrected chi connectivity index (χ1v) is 10.00. The highest BCUT2D eigenvalue weighted by molar-refractivity contribution is 7.88. The molecule has 1 aromatic carbocycles. The Labute approximate surface area is 159 Å². The summed E-state index contributed by atoms with van der Waals surface area (Å²) in [6.45, 7) is 0.0750. The molecule has 0 bridgehead atoms. The number of hydrogen-bond acceptors (Lipinski definition) is 6. The van der Waals surface area contributed by atoms with E-state index in [0.717, 1.165) is 21.7 Å². The van der Waals surface area contributed by atoms with Gasteiger partial charge in [0.25, 0.3) is 0 Å². The minimum Gasteiger partial charge on any atom is -0.493 e. The number of carbonyl (C=O) groups excluding carboxylic acids is 1. The fraction of sp³-hybridized carbons (Fsp3) is 0.333. The van der Waals surface area contributed by atoms with Crippen molar-refractivity contribution in [1.82, 2.24) is 14.6 Å². The number of amides is 1. The number of methoxy groups -OCH3 is 2. The molecule has 0 atom stereocenters. The second kappa shape index (κ2) is 9.33. The molecule has 9 heteroatoms. The Morgan fingerprint density at radius 2 is 1.74 bits per heavy atom. The third-order valence-corrected chi connectivity index (χ3v) is 5.03. The highest BCUT2D eigenvalue weighted by Crippen LogP contribution is 2.27. The predicted molar refractivity (Wildman–Crippen MR) is 101 cm³/mol. The molecule has 2 aromatic rings. The minimum absolute atomic E-state index is 0.102. The minimum atomic E-state index is -3.55. The molecule has 0 aliphatic rings. The Hall–Kier alpha value is -2.65. The standard InChI is InChI=1S/C18H23N3O5S/c1-25-16-5-4-15(10-17(16)26-2)11-20-18(22)13-21(27(3,23)24)12-14-6-8-19-9-7-14/h4-10H,11-13H2,1-3H3,(H,20,22). The Balaban J connectivity index is 1.99. The Morgan fingerprint density at radius 3 is 2.33 bits per heavy atom. The Morgan fingerprint density at radius 1 is 1.07 bits per heavy atom. The lowest BCUT2D eigenvalue weighted by Gasteiger charge is -2.19. The van der Waals surface area contributed by atoms with Crippen LogP contribution >= 0.6 is 0 Å². The van der Waals surface area contributed by atoms with Crippen molar-refractivity contribution in [2.75, 3.05) is 27.0 Å². The fourth-order valence-electron chi connectivity index (χ4n) is 2.39. The van der Waals surface area contributed by atoms with Crippen molar-refractivity contribution < 1.29 is 22.7 Å². The molecule has 0 aliphatic carbocycles.